The van der Waals surface area contributed by atoms with Gasteiger partial charge in [-0.1, -0.05) is 26.0 Å². The van der Waals surface area contributed by atoms with Crippen molar-refractivity contribution in [2.24, 2.45) is 11.5 Å². The summed E-state index contributed by atoms with van der Waals surface area (Å²) in [5.74, 6) is 0. The fourth-order valence-electron chi connectivity index (χ4n) is 0.523. The van der Waals surface area contributed by atoms with Crippen LogP contribution in [-0.2, 0) is 0 Å². The standard InChI is InChI=1S/C7H13N.CH5N/c1-3-5-7(8)6-4-2;1-2/h3,5H,1,4,6,8H2,2H3;2H2,1H3/b7-5+;. The second-order valence-corrected chi connectivity index (χ2v) is 1.73. The van der Waals surface area contributed by atoms with Crippen LogP contribution in [0.5, 0.6) is 0 Å². The molecule has 0 amide bonds. The third kappa shape index (κ3) is 10.3. The average molecular weight is 142 g/mol. The summed E-state index contributed by atoms with van der Waals surface area (Å²) in [6, 6.07) is 0. The van der Waals surface area contributed by atoms with E-state index >= 15 is 0 Å². The van der Waals surface area contributed by atoms with Crippen molar-refractivity contribution < 1.29 is 0 Å². The molecule has 0 heterocycles. The summed E-state index contributed by atoms with van der Waals surface area (Å²) in [4.78, 5) is 0. The molecule has 0 aliphatic heterocycles. The third-order valence-corrected chi connectivity index (χ3v) is 0.871. The molecular formula is C8H18N2. The first-order chi connectivity index (χ1) is 4.81. The summed E-state index contributed by atoms with van der Waals surface area (Å²) >= 11 is 0. The molecule has 0 fully saturated rings. The Kier molecular flexibility index (Phi) is 13.3. The Morgan fingerprint density at radius 2 is 2.00 bits per heavy atom. The third-order valence-electron chi connectivity index (χ3n) is 0.871. The van der Waals surface area contributed by atoms with Gasteiger partial charge in [0.2, 0.25) is 0 Å². The molecule has 0 unspecified atom stereocenters. The molecule has 0 aliphatic rings. The Labute approximate surface area is 63.6 Å². The van der Waals surface area contributed by atoms with Gasteiger partial charge in [0.15, 0.2) is 0 Å². The Bertz CT molecular complexity index is 95.4. The van der Waals surface area contributed by atoms with Crippen LogP contribution in [0.25, 0.3) is 0 Å². The Balaban J connectivity index is 0. The van der Waals surface area contributed by atoms with Gasteiger partial charge in [0, 0.05) is 5.70 Å². The summed E-state index contributed by atoms with van der Waals surface area (Å²) in [7, 11) is 1.50. The van der Waals surface area contributed by atoms with Gasteiger partial charge in [-0.3, -0.25) is 0 Å². The molecule has 0 spiro atoms. The molecule has 60 valence electrons. The van der Waals surface area contributed by atoms with Gasteiger partial charge < -0.3 is 11.5 Å². The maximum atomic E-state index is 5.48. The van der Waals surface area contributed by atoms with Crippen LogP contribution in [0.15, 0.2) is 24.4 Å². The largest absolute Gasteiger partial charge is 0.402 e. The molecule has 0 bridgehead atoms. The highest BCUT2D eigenvalue weighted by Gasteiger charge is 1.81. The highest BCUT2D eigenvalue weighted by Crippen LogP contribution is 1.95. The molecule has 0 aromatic heterocycles. The summed E-state index contributed by atoms with van der Waals surface area (Å²) in [6.45, 7) is 5.63. The first kappa shape index (κ1) is 12.0. The minimum absolute atomic E-state index is 0.919. The monoisotopic (exact) mass is 142 g/mol. The van der Waals surface area contributed by atoms with Crippen LogP contribution in [0.2, 0.25) is 0 Å². The van der Waals surface area contributed by atoms with Gasteiger partial charge in [-0.15, -0.1) is 0 Å². The van der Waals surface area contributed by atoms with Gasteiger partial charge >= 0.3 is 0 Å². The zero-order chi connectivity index (χ0) is 8.41. The SMILES string of the molecule is C=C/C=C(/N)CCC.CN. The van der Waals surface area contributed by atoms with E-state index in [-0.39, 0.29) is 0 Å². The zero-order valence-electron chi connectivity index (χ0n) is 6.93. The Morgan fingerprint density at radius 1 is 1.50 bits per heavy atom. The molecule has 0 radical (unpaired) electrons. The summed E-state index contributed by atoms with van der Waals surface area (Å²) in [5.41, 5.74) is 10.9. The van der Waals surface area contributed by atoms with Crippen molar-refractivity contribution in [3.8, 4) is 0 Å². The average Bonchev–Trinajstić information content (AvgIpc) is 1.93. The van der Waals surface area contributed by atoms with E-state index in [2.05, 4.69) is 19.2 Å². The van der Waals surface area contributed by atoms with Gasteiger partial charge in [-0.05, 0) is 19.5 Å². The molecule has 0 aromatic carbocycles. The number of allylic oxidation sites excluding steroid dienone is 3. The highest BCUT2D eigenvalue weighted by molar-refractivity contribution is 5.05. The number of hydrogen-bond acceptors (Lipinski definition) is 2. The predicted octanol–water partition coefficient (Wildman–Crippen LogP) is 1.39. The van der Waals surface area contributed by atoms with Crippen LogP contribution >= 0.6 is 0 Å². The van der Waals surface area contributed by atoms with Crippen molar-refractivity contribution in [2.75, 3.05) is 7.05 Å². The first-order valence-electron chi connectivity index (χ1n) is 3.46. The van der Waals surface area contributed by atoms with Crippen LogP contribution in [0.3, 0.4) is 0 Å². The van der Waals surface area contributed by atoms with Gasteiger partial charge in [-0.25, -0.2) is 0 Å². The molecule has 2 heteroatoms. The summed E-state index contributed by atoms with van der Waals surface area (Å²) in [6.07, 6.45) is 5.64. The summed E-state index contributed by atoms with van der Waals surface area (Å²) < 4.78 is 0. The minimum Gasteiger partial charge on any atom is -0.402 e. The van der Waals surface area contributed by atoms with E-state index in [1.165, 1.54) is 7.05 Å². The normalized spacial score (nSPS) is 9.70. The van der Waals surface area contributed by atoms with E-state index in [4.69, 9.17) is 5.73 Å². The molecule has 0 saturated carbocycles. The van der Waals surface area contributed by atoms with E-state index in [0.717, 1.165) is 18.5 Å². The molecule has 0 aliphatic carbocycles. The van der Waals surface area contributed by atoms with E-state index in [9.17, 15) is 0 Å². The van der Waals surface area contributed by atoms with E-state index in [1.807, 2.05) is 6.08 Å². The zero-order valence-corrected chi connectivity index (χ0v) is 6.93. The predicted molar refractivity (Wildman–Crippen MR) is 47.5 cm³/mol. The van der Waals surface area contributed by atoms with Crippen molar-refractivity contribution in [3.05, 3.63) is 24.4 Å². The minimum atomic E-state index is 0.919. The van der Waals surface area contributed by atoms with Crippen molar-refractivity contribution in [2.45, 2.75) is 19.8 Å². The van der Waals surface area contributed by atoms with E-state index in [0.29, 0.717) is 0 Å². The molecule has 4 N–H and O–H groups in total. The van der Waals surface area contributed by atoms with Crippen molar-refractivity contribution >= 4 is 0 Å². The molecule has 0 aromatic rings. The van der Waals surface area contributed by atoms with Gasteiger partial charge in [0.1, 0.15) is 0 Å². The fourth-order valence-corrected chi connectivity index (χ4v) is 0.523. The number of hydrogen-bond donors (Lipinski definition) is 2. The Morgan fingerprint density at radius 3 is 2.30 bits per heavy atom. The van der Waals surface area contributed by atoms with Crippen molar-refractivity contribution in [3.63, 3.8) is 0 Å². The van der Waals surface area contributed by atoms with Crippen LogP contribution in [0, 0.1) is 0 Å². The lowest BCUT2D eigenvalue weighted by molar-refractivity contribution is 0.893. The van der Waals surface area contributed by atoms with Crippen molar-refractivity contribution in [1.29, 1.82) is 0 Å². The molecule has 0 saturated heterocycles. The van der Waals surface area contributed by atoms with E-state index in [1.54, 1.807) is 6.08 Å². The topological polar surface area (TPSA) is 52.0 Å². The first-order valence-corrected chi connectivity index (χ1v) is 3.46. The lowest BCUT2D eigenvalue weighted by atomic mass is 10.2. The molecule has 10 heavy (non-hydrogen) atoms. The maximum Gasteiger partial charge on any atom is 0.00801 e. The smallest absolute Gasteiger partial charge is 0.00801 e. The van der Waals surface area contributed by atoms with Gasteiger partial charge in [0.05, 0.1) is 0 Å². The number of rotatable bonds is 3. The summed E-state index contributed by atoms with van der Waals surface area (Å²) in [5, 5.41) is 0. The van der Waals surface area contributed by atoms with Gasteiger partial charge in [-0.2, -0.15) is 0 Å². The second-order valence-electron chi connectivity index (χ2n) is 1.73. The van der Waals surface area contributed by atoms with Crippen LogP contribution in [0.1, 0.15) is 19.8 Å². The lowest BCUT2D eigenvalue weighted by Gasteiger charge is -1.92. The molecule has 0 atom stereocenters. The Hall–Kier alpha value is -0.760. The second kappa shape index (κ2) is 11.1. The quantitative estimate of drug-likeness (QED) is 0.585. The van der Waals surface area contributed by atoms with Crippen LogP contribution in [0.4, 0.5) is 0 Å². The van der Waals surface area contributed by atoms with E-state index < -0.39 is 0 Å². The number of nitrogens with two attached hydrogens (primary N) is 2. The highest BCUT2D eigenvalue weighted by atomic mass is 14.6. The van der Waals surface area contributed by atoms with Gasteiger partial charge in [0.25, 0.3) is 0 Å². The molecular weight excluding hydrogens is 124 g/mol. The fraction of sp³-hybridized carbons (Fsp3) is 0.500. The molecule has 0 rings (SSSR count). The molecule has 2 nitrogen and oxygen atoms in total. The lowest BCUT2D eigenvalue weighted by Crippen LogP contribution is -1.94. The van der Waals surface area contributed by atoms with Crippen molar-refractivity contribution in [1.82, 2.24) is 0 Å². The maximum absolute atomic E-state index is 5.48. The van der Waals surface area contributed by atoms with Crippen LogP contribution < -0.4 is 11.5 Å². The van der Waals surface area contributed by atoms with Crippen LogP contribution in [-0.4, -0.2) is 7.05 Å².